The summed E-state index contributed by atoms with van der Waals surface area (Å²) in [5.41, 5.74) is 1.03. The third kappa shape index (κ3) is 4.35. The van der Waals surface area contributed by atoms with Gasteiger partial charge in [-0.15, -0.1) is 0 Å². The van der Waals surface area contributed by atoms with Crippen LogP contribution in [0.3, 0.4) is 0 Å². The highest BCUT2D eigenvalue weighted by Gasteiger charge is 2.19. The number of nitrogens with one attached hydrogen (secondary N) is 2. The van der Waals surface area contributed by atoms with Crippen LogP contribution in [-0.4, -0.2) is 28.0 Å². The summed E-state index contributed by atoms with van der Waals surface area (Å²) < 4.78 is 31.8. The van der Waals surface area contributed by atoms with Crippen LogP contribution in [0.25, 0.3) is 0 Å². The fraction of sp³-hybridized carbons (Fsp3) is 0.176. The molecule has 0 radical (unpaired) electrons. The number of anilines is 1. The fourth-order valence-electron chi connectivity index (χ4n) is 2.13. The highest BCUT2D eigenvalue weighted by atomic mass is 32.2. The molecular formula is C17H17N3O4S. The van der Waals surface area contributed by atoms with E-state index >= 15 is 0 Å². The lowest BCUT2D eigenvalue weighted by Gasteiger charge is -2.12. The largest absolute Gasteiger partial charge is 0.496 e. The van der Waals surface area contributed by atoms with Crippen LogP contribution in [-0.2, 0) is 10.0 Å². The summed E-state index contributed by atoms with van der Waals surface area (Å²) in [5.74, 6) is -0.267. The number of ether oxygens (including phenoxy) is 1. The Morgan fingerprint density at radius 2 is 1.88 bits per heavy atom. The number of benzene rings is 2. The minimum atomic E-state index is -3.69. The highest BCUT2D eigenvalue weighted by molar-refractivity contribution is 7.89. The molecule has 0 aliphatic rings. The Kier molecular flexibility index (Phi) is 5.75. The molecule has 0 unspecified atom stereocenters. The van der Waals surface area contributed by atoms with E-state index in [1.807, 2.05) is 6.07 Å². The monoisotopic (exact) mass is 359 g/mol. The van der Waals surface area contributed by atoms with Crippen LogP contribution in [0.1, 0.15) is 22.8 Å². The zero-order chi connectivity index (χ0) is 18.4. The van der Waals surface area contributed by atoms with Gasteiger partial charge in [-0.3, -0.25) is 4.79 Å². The summed E-state index contributed by atoms with van der Waals surface area (Å²) in [5, 5.41) is 11.4. The van der Waals surface area contributed by atoms with Crippen LogP contribution in [0.2, 0.25) is 0 Å². The van der Waals surface area contributed by atoms with Crippen molar-refractivity contribution >= 4 is 21.6 Å². The second-order valence-corrected chi connectivity index (χ2v) is 6.77. The van der Waals surface area contributed by atoms with Gasteiger partial charge in [-0.05, 0) is 42.5 Å². The van der Waals surface area contributed by atoms with Gasteiger partial charge in [0.25, 0.3) is 5.91 Å². The molecule has 2 rings (SSSR count). The van der Waals surface area contributed by atoms with Gasteiger partial charge in [0.2, 0.25) is 10.0 Å². The highest BCUT2D eigenvalue weighted by Crippen LogP contribution is 2.23. The number of sulfonamides is 1. The van der Waals surface area contributed by atoms with Crippen molar-refractivity contribution in [1.29, 1.82) is 5.26 Å². The molecule has 0 saturated carbocycles. The van der Waals surface area contributed by atoms with Crippen molar-refractivity contribution in [1.82, 2.24) is 4.72 Å². The van der Waals surface area contributed by atoms with Crippen molar-refractivity contribution in [2.75, 3.05) is 19.0 Å². The lowest BCUT2D eigenvalue weighted by molar-refractivity contribution is 0.102. The normalized spacial score (nSPS) is 10.8. The molecule has 0 saturated heterocycles. The first-order valence-electron chi connectivity index (χ1n) is 7.40. The van der Waals surface area contributed by atoms with Crippen molar-refractivity contribution < 1.29 is 17.9 Å². The molecule has 0 aliphatic carbocycles. The van der Waals surface area contributed by atoms with E-state index in [0.29, 0.717) is 11.3 Å². The number of carbonyl (C=O) groups excluding carboxylic acids is 1. The third-order valence-corrected chi connectivity index (χ3v) is 4.88. The van der Waals surface area contributed by atoms with E-state index in [2.05, 4.69) is 10.0 Å². The fourth-order valence-corrected chi connectivity index (χ4v) is 3.20. The number of rotatable bonds is 6. The van der Waals surface area contributed by atoms with E-state index in [-0.39, 0.29) is 22.8 Å². The van der Waals surface area contributed by atoms with Crippen LogP contribution < -0.4 is 14.8 Å². The van der Waals surface area contributed by atoms with Gasteiger partial charge in [-0.1, -0.05) is 6.92 Å². The van der Waals surface area contributed by atoms with E-state index in [4.69, 9.17) is 10.00 Å². The lowest BCUT2D eigenvalue weighted by atomic mass is 10.1. The van der Waals surface area contributed by atoms with Gasteiger partial charge in [-0.25, -0.2) is 13.1 Å². The Labute approximate surface area is 146 Å². The number of nitrogens with zero attached hydrogens (tertiary/aromatic N) is 1. The number of amides is 1. The minimum Gasteiger partial charge on any atom is -0.496 e. The molecule has 1 amide bonds. The second kappa shape index (κ2) is 7.79. The Morgan fingerprint density at radius 1 is 1.20 bits per heavy atom. The zero-order valence-corrected chi connectivity index (χ0v) is 14.6. The van der Waals surface area contributed by atoms with Gasteiger partial charge in [0.15, 0.2) is 0 Å². The van der Waals surface area contributed by atoms with E-state index < -0.39 is 15.9 Å². The number of nitriles is 1. The molecule has 0 heterocycles. The SMILES string of the molecule is CCNS(=O)(=O)c1ccc(OC)c(C(=O)Nc2ccc(C#N)cc2)c1. The molecule has 2 aromatic rings. The van der Waals surface area contributed by atoms with E-state index in [9.17, 15) is 13.2 Å². The molecule has 130 valence electrons. The van der Waals surface area contributed by atoms with Crippen molar-refractivity contribution in [2.45, 2.75) is 11.8 Å². The maximum absolute atomic E-state index is 12.5. The first kappa shape index (κ1) is 18.4. The van der Waals surface area contributed by atoms with Gasteiger partial charge in [0, 0.05) is 12.2 Å². The van der Waals surface area contributed by atoms with Crippen molar-refractivity contribution in [3.05, 3.63) is 53.6 Å². The number of hydrogen-bond acceptors (Lipinski definition) is 5. The molecule has 7 nitrogen and oxygen atoms in total. The summed E-state index contributed by atoms with van der Waals surface area (Å²) in [6.07, 6.45) is 0. The van der Waals surface area contributed by atoms with Crippen LogP contribution >= 0.6 is 0 Å². The van der Waals surface area contributed by atoms with Crippen LogP contribution in [0, 0.1) is 11.3 Å². The molecule has 0 bridgehead atoms. The molecule has 0 aliphatic heterocycles. The summed E-state index contributed by atoms with van der Waals surface area (Å²) in [6, 6.07) is 12.4. The summed E-state index contributed by atoms with van der Waals surface area (Å²) in [7, 11) is -2.30. The maximum atomic E-state index is 12.5. The van der Waals surface area contributed by atoms with Gasteiger partial charge in [0.05, 0.1) is 29.2 Å². The number of hydrogen-bond donors (Lipinski definition) is 2. The first-order valence-corrected chi connectivity index (χ1v) is 8.88. The smallest absolute Gasteiger partial charge is 0.259 e. The Hall–Kier alpha value is -2.89. The topological polar surface area (TPSA) is 108 Å². The van der Waals surface area contributed by atoms with Gasteiger partial charge < -0.3 is 10.1 Å². The van der Waals surface area contributed by atoms with E-state index in [1.54, 1.807) is 31.2 Å². The average Bonchev–Trinajstić information content (AvgIpc) is 2.61. The van der Waals surface area contributed by atoms with Gasteiger partial charge in [0.1, 0.15) is 5.75 Å². The molecule has 25 heavy (non-hydrogen) atoms. The number of methoxy groups -OCH3 is 1. The molecule has 8 heteroatoms. The predicted octanol–water partition coefficient (Wildman–Crippen LogP) is 2.12. The van der Waals surface area contributed by atoms with Crippen molar-refractivity contribution in [3.63, 3.8) is 0 Å². The summed E-state index contributed by atoms with van der Waals surface area (Å²) in [4.78, 5) is 12.5. The molecule has 0 aromatic heterocycles. The Bertz CT molecular complexity index is 916. The molecular weight excluding hydrogens is 342 g/mol. The Balaban J connectivity index is 2.35. The third-order valence-electron chi connectivity index (χ3n) is 3.33. The molecule has 0 spiro atoms. The van der Waals surface area contributed by atoms with E-state index in [0.717, 1.165) is 0 Å². The van der Waals surface area contributed by atoms with Crippen LogP contribution in [0.5, 0.6) is 5.75 Å². The molecule has 0 atom stereocenters. The van der Waals surface area contributed by atoms with Crippen LogP contribution in [0.4, 0.5) is 5.69 Å². The molecule has 2 N–H and O–H groups in total. The quantitative estimate of drug-likeness (QED) is 0.821. The summed E-state index contributed by atoms with van der Waals surface area (Å²) in [6.45, 7) is 1.90. The molecule has 0 fully saturated rings. The minimum absolute atomic E-state index is 0.0277. The molecule has 2 aromatic carbocycles. The maximum Gasteiger partial charge on any atom is 0.259 e. The Morgan fingerprint density at radius 3 is 2.44 bits per heavy atom. The first-order chi connectivity index (χ1) is 11.9. The van der Waals surface area contributed by atoms with Crippen molar-refractivity contribution in [3.8, 4) is 11.8 Å². The second-order valence-electron chi connectivity index (χ2n) is 5.01. The van der Waals surface area contributed by atoms with Crippen LogP contribution in [0.15, 0.2) is 47.4 Å². The summed E-state index contributed by atoms with van der Waals surface area (Å²) >= 11 is 0. The average molecular weight is 359 g/mol. The van der Waals surface area contributed by atoms with Gasteiger partial charge >= 0.3 is 0 Å². The zero-order valence-electron chi connectivity index (χ0n) is 13.7. The lowest BCUT2D eigenvalue weighted by Crippen LogP contribution is -2.23. The van der Waals surface area contributed by atoms with Crippen molar-refractivity contribution in [2.24, 2.45) is 0 Å². The van der Waals surface area contributed by atoms with Gasteiger partial charge in [-0.2, -0.15) is 5.26 Å². The predicted molar refractivity (Wildman–Crippen MR) is 93.0 cm³/mol. The standard InChI is InChI=1S/C17H17N3O4S/c1-3-19-25(22,23)14-8-9-16(24-2)15(10-14)17(21)20-13-6-4-12(11-18)5-7-13/h4-10,19H,3H2,1-2H3,(H,20,21). The van der Waals surface area contributed by atoms with E-state index in [1.165, 1.54) is 25.3 Å². The number of carbonyl (C=O) groups is 1.